The number of rotatable bonds is 6. The van der Waals surface area contributed by atoms with E-state index in [-0.39, 0.29) is 12.8 Å². The summed E-state index contributed by atoms with van der Waals surface area (Å²) >= 11 is 0. The molecule has 0 aliphatic carbocycles. The summed E-state index contributed by atoms with van der Waals surface area (Å²) in [7, 11) is 3.19. The van der Waals surface area contributed by atoms with Crippen molar-refractivity contribution < 1.29 is 23.7 Å². The number of hydrogen-bond donors (Lipinski definition) is 2. The molecule has 7 nitrogen and oxygen atoms in total. The molecule has 0 saturated carbocycles. The maximum absolute atomic E-state index is 12.0. The van der Waals surface area contributed by atoms with Crippen LogP contribution in [0, 0.1) is 0 Å². The fourth-order valence-electron chi connectivity index (χ4n) is 2.51. The molecular formula is C18H20N2O5. The van der Waals surface area contributed by atoms with Crippen molar-refractivity contribution >= 4 is 11.7 Å². The number of carbonyl (C=O) groups excluding carboxylic acids is 1. The Hall–Kier alpha value is -3.09. The average Bonchev–Trinajstić information content (AvgIpc) is 3.09. The third-order valence-electron chi connectivity index (χ3n) is 3.78. The number of amides is 2. The Bertz CT molecular complexity index is 763. The molecule has 0 fully saturated rings. The van der Waals surface area contributed by atoms with E-state index in [1.54, 1.807) is 32.4 Å². The fraction of sp³-hybridized carbons (Fsp3) is 0.278. The van der Waals surface area contributed by atoms with Crippen LogP contribution in [-0.2, 0) is 6.42 Å². The van der Waals surface area contributed by atoms with Crippen LogP contribution in [0.15, 0.2) is 36.4 Å². The van der Waals surface area contributed by atoms with Gasteiger partial charge in [0.25, 0.3) is 0 Å². The third-order valence-corrected chi connectivity index (χ3v) is 3.78. The van der Waals surface area contributed by atoms with Gasteiger partial charge in [0.1, 0.15) is 0 Å². The van der Waals surface area contributed by atoms with Crippen LogP contribution in [0.5, 0.6) is 23.0 Å². The highest BCUT2D eigenvalue weighted by Crippen LogP contribution is 2.34. The molecule has 2 aromatic carbocycles. The third kappa shape index (κ3) is 4.06. The first-order valence-electron chi connectivity index (χ1n) is 7.85. The number of fused-ring (bicyclic) bond motifs is 1. The number of nitrogens with one attached hydrogen (secondary N) is 2. The number of urea groups is 1. The zero-order valence-corrected chi connectivity index (χ0v) is 14.1. The molecule has 0 unspecified atom stereocenters. The molecule has 132 valence electrons. The van der Waals surface area contributed by atoms with Crippen molar-refractivity contribution in [3.05, 3.63) is 42.0 Å². The first-order valence-corrected chi connectivity index (χ1v) is 7.85. The summed E-state index contributed by atoms with van der Waals surface area (Å²) in [6, 6.07) is 10.7. The van der Waals surface area contributed by atoms with Crippen LogP contribution in [0.25, 0.3) is 0 Å². The molecule has 25 heavy (non-hydrogen) atoms. The Kier molecular flexibility index (Phi) is 5.13. The minimum Gasteiger partial charge on any atom is -0.493 e. The molecule has 0 spiro atoms. The molecule has 2 amide bonds. The maximum atomic E-state index is 12.0. The second kappa shape index (κ2) is 7.65. The van der Waals surface area contributed by atoms with Gasteiger partial charge in [0.15, 0.2) is 23.0 Å². The first-order chi connectivity index (χ1) is 12.2. The second-order valence-electron chi connectivity index (χ2n) is 5.39. The zero-order valence-electron chi connectivity index (χ0n) is 14.1. The number of carbonyl (C=O) groups is 1. The van der Waals surface area contributed by atoms with Gasteiger partial charge in [-0.3, -0.25) is 0 Å². The number of hydrogen-bond acceptors (Lipinski definition) is 5. The lowest BCUT2D eigenvalue weighted by molar-refractivity contribution is 0.174. The van der Waals surface area contributed by atoms with Crippen molar-refractivity contribution in [2.24, 2.45) is 0 Å². The standard InChI is InChI=1S/C18H20N2O5/c1-22-14-5-3-12(9-16(14)23-2)7-8-19-18(21)20-13-4-6-15-17(10-13)25-11-24-15/h3-6,9-10H,7-8,11H2,1-2H3,(H2,19,20,21). The summed E-state index contributed by atoms with van der Waals surface area (Å²) in [6.07, 6.45) is 0.676. The highest BCUT2D eigenvalue weighted by molar-refractivity contribution is 5.89. The smallest absolute Gasteiger partial charge is 0.319 e. The van der Waals surface area contributed by atoms with Gasteiger partial charge in [-0.2, -0.15) is 0 Å². The lowest BCUT2D eigenvalue weighted by atomic mass is 10.1. The normalized spacial score (nSPS) is 11.8. The van der Waals surface area contributed by atoms with E-state index < -0.39 is 0 Å². The number of benzene rings is 2. The van der Waals surface area contributed by atoms with Crippen LogP contribution in [0.1, 0.15) is 5.56 Å². The lowest BCUT2D eigenvalue weighted by Crippen LogP contribution is -2.30. The Morgan fingerprint density at radius 3 is 2.64 bits per heavy atom. The molecule has 0 bridgehead atoms. The van der Waals surface area contributed by atoms with Crippen LogP contribution < -0.4 is 29.6 Å². The Labute approximate surface area is 145 Å². The molecular weight excluding hydrogens is 324 g/mol. The fourth-order valence-corrected chi connectivity index (χ4v) is 2.51. The minimum atomic E-state index is -0.278. The van der Waals surface area contributed by atoms with Crippen LogP contribution in [-0.4, -0.2) is 33.6 Å². The molecule has 3 rings (SSSR count). The topological polar surface area (TPSA) is 78.1 Å². The second-order valence-corrected chi connectivity index (χ2v) is 5.39. The molecule has 7 heteroatoms. The van der Waals surface area contributed by atoms with Gasteiger partial charge in [0.2, 0.25) is 6.79 Å². The summed E-state index contributed by atoms with van der Waals surface area (Å²) in [5.41, 5.74) is 1.69. The minimum absolute atomic E-state index is 0.205. The highest BCUT2D eigenvalue weighted by Gasteiger charge is 2.14. The first kappa shape index (κ1) is 16.8. The summed E-state index contributed by atoms with van der Waals surface area (Å²) in [5.74, 6) is 2.66. The lowest BCUT2D eigenvalue weighted by Gasteiger charge is -2.11. The van der Waals surface area contributed by atoms with Crippen LogP contribution in [0.2, 0.25) is 0 Å². The van der Waals surface area contributed by atoms with E-state index in [1.807, 2.05) is 18.2 Å². The van der Waals surface area contributed by atoms with E-state index in [4.69, 9.17) is 18.9 Å². The van der Waals surface area contributed by atoms with Gasteiger partial charge in [-0.05, 0) is 36.2 Å². The molecule has 1 aliphatic rings. The van der Waals surface area contributed by atoms with Gasteiger partial charge in [0.05, 0.1) is 14.2 Å². The van der Waals surface area contributed by atoms with Crippen molar-refractivity contribution in [1.29, 1.82) is 0 Å². The van der Waals surface area contributed by atoms with Gasteiger partial charge in [0, 0.05) is 18.3 Å². The van der Waals surface area contributed by atoms with Crippen LogP contribution >= 0.6 is 0 Å². The van der Waals surface area contributed by atoms with Gasteiger partial charge in [-0.1, -0.05) is 6.07 Å². The van der Waals surface area contributed by atoms with Crippen molar-refractivity contribution in [3.8, 4) is 23.0 Å². The Morgan fingerprint density at radius 2 is 1.84 bits per heavy atom. The number of methoxy groups -OCH3 is 2. The SMILES string of the molecule is COc1ccc(CCNC(=O)Nc2ccc3c(c2)OCO3)cc1OC. The number of ether oxygens (including phenoxy) is 4. The van der Waals surface area contributed by atoms with Gasteiger partial charge >= 0.3 is 6.03 Å². The largest absolute Gasteiger partial charge is 0.493 e. The van der Waals surface area contributed by atoms with Gasteiger partial charge in [-0.15, -0.1) is 0 Å². The Morgan fingerprint density at radius 1 is 1.04 bits per heavy atom. The summed E-state index contributed by atoms with van der Waals surface area (Å²) in [5, 5.41) is 5.59. The molecule has 1 aliphatic heterocycles. The van der Waals surface area contributed by atoms with Crippen molar-refractivity contribution in [2.45, 2.75) is 6.42 Å². The predicted octanol–water partition coefficient (Wildman–Crippen LogP) is 2.80. The molecule has 1 heterocycles. The monoisotopic (exact) mass is 344 g/mol. The molecule has 2 N–H and O–H groups in total. The van der Waals surface area contributed by atoms with Crippen LogP contribution in [0.3, 0.4) is 0 Å². The van der Waals surface area contributed by atoms with Gasteiger partial charge < -0.3 is 29.6 Å². The maximum Gasteiger partial charge on any atom is 0.319 e. The van der Waals surface area contributed by atoms with E-state index in [2.05, 4.69) is 10.6 Å². The highest BCUT2D eigenvalue weighted by atomic mass is 16.7. The Balaban J connectivity index is 1.49. The zero-order chi connectivity index (χ0) is 17.6. The van der Waals surface area contributed by atoms with Crippen molar-refractivity contribution in [2.75, 3.05) is 32.9 Å². The molecule has 0 saturated heterocycles. The van der Waals surface area contributed by atoms with Crippen molar-refractivity contribution in [3.63, 3.8) is 0 Å². The van der Waals surface area contributed by atoms with Gasteiger partial charge in [-0.25, -0.2) is 4.79 Å². The predicted molar refractivity (Wildman–Crippen MR) is 92.8 cm³/mol. The molecule has 0 radical (unpaired) electrons. The molecule has 0 aromatic heterocycles. The quantitative estimate of drug-likeness (QED) is 0.842. The number of anilines is 1. The van der Waals surface area contributed by atoms with E-state index in [0.717, 1.165) is 5.56 Å². The van der Waals surface area contributed by atoms with Crippen molar-refractivity contribution in [1.82, 2.24) is 5.32 Å². The summed E-state index contributed by atoms with van der Waals surface area (Å²) in [4.78, 5) is 12.0. The summed E-state index contributed by atoms with van der Waals surface area (Å²) in [6.45, 7) is 0.697. The van der Waals surface area contributed by atoms with E-state index in [1.165, 1.54) is 0 Å². The average molecular weight is 344 g/mol. The van der Waals surface area contributed by atoms with Crippen LogP contribution in [0.4, 0.5) is 10.5 Å². The van der Waals surface area contributed by atoms with E-state index in [9.17, 15) is 4.79 Å². The summed E-state index contributed by atoms with van der Waals surface area (Å²) < 4.78 is 21.0. The molecule has 0 atom stereocenters. The van der Waals surface area contributed by atoms with E-state index in [0.29, 0.717) is 41.7 Å². The molecule has 2 aromatic rings. The van der Waals surface area contributed by atoms with E-state index >= 15 is 0 Å².